The van der Waals surface area contributed by atoms with Gasteiger partial charge >= 0.3 is 0 Å². The molecule has 0 aliphatic rings. The predicted octanol–water partition coefficient (Wildman–Crippen LogP) is 9.31. The number of hydrogen-bond acceptors (Lipinski definition) is 21. The Hall–Kier alpha value is -7.55. The molecule has 0 amide bonds. The third kappa shape index (κ3) is 10.6. The van der Waals surface area contributed by atoms with Crippen molar-refractivity contribution in [3.63, 3.8) is 0 Å². The van der Waals surface area contributed by atoms with Gasteiger partial charge in [0.1, 0.15) is 26.9 Å². The molecule has 0 unspecified atom stereocenters. The third-order valence-corrected chi connectivity index (χ3v) is 11.1. The number of anilines is 8. The summed E-state index contributed by atoms with van der Waals surface area (Å²) >= 11 is 12.2. The second-order valence-corrected chi connectivity index (χ2v) is 17.1. The smallest absolute Gasteiger partial charge is 0.296 e. The minimum absolute atomic E-state index is 0.0407. The molecule has 9 N–H and O–H groups in total. The number of benzene rings is 5. The van der Waals surface area contributed by atoms with Gasteiger partial charge in [0, 0.05) is 23.8 Å². The lowest BCUT2D eigenvalue weighted by atomic mass is 10.0. The van der Waals surface area contributed by atoms with Crippen LogP contribution in [-0.2, 0) is 20.2 Å². The number of nitrogens with two attached hydrogens (primary N) is 1. The number of nitrogens with zero attached hydrogens (tertiary/aromatic N) is 11. The van der Waals surface area contributed by atoms with Crippen LogP contribution in [0.1, 0.15) is 16.7 Å². The number of aromatic nitrogens is 6. The van der Waals surface area contributed by atoms with E-state index in [1.807, 2.05) is 31.2 Å². The van der Waals surface area contributed by atoms with Crippen LogP contribution < -0.4 is 27.1 Å². The van der Waals surface area contributed by atoms with Crippen LogP contribution in [0.3, 0.4) is 0 Å². The Kier molecular flexibility index (Phi) is 12.8. The summed E-state index contributed by atoms with van der Waals surface area (Å²) in [7, 11) is -9.89. The molecule has 0 saturated heterocycles. The third-order valence-electron chi connectivity index (χ3n) is 8.99. The topological polar surface area (TPSA) is 342 Å². The van der Waals surface area contributed by atoms with Crippen molar-refractivity contribution in [1.82, 2.24) is 29.9 Å². The summed E-state index contributed by atoms with van der Waals surface area (Å²) in [6.07, 6.45) is 0. The number of aromatic hydroxyl groups is 1. The van der Waals surface area contributed by atoms with Crippen LogP contribution >= 0.6 is 23.2 Å². The molecule has 0 radical (unpaired) electrons. The van der Waals surface area contributed by atoms with E-state index in [4.69, 9.17) is 28.9 Å². The molecule has 0 fully saturated rings. The quantitative estimate of drug-likeness (QED) is 0.0165. The molecule has 332 valence electrons. The van der Waals surface area contributed by atoms with Crippen LogP contribution in [0.5, 0.6) is 5.75 Å². The maximum Gasteiger partial charge on any atom is 0.296 e. The minimum Gasteiger partial charge on any atom is -0.505 e. The van der Waals surface area contributed by atoms with E-state index in [0.717, 1.165) is 17.7 Å². The van der Waals surface area contributed by atoms with E-state index in [9.17, 15) is 31.0 Å². The number of nitrogen functional groups attached to an aromatic ring is 1. The molecule has 7 rings (SSSR count). The number of phenolic OH excluding ortho intramolecular Hbond substituents is 1. The molecule has 0 aliphatic heterocycles. The van der Waals surface area contributed by atoms with Crippen LogP contribution in [0.15, 0.2) is 108 Å². The zero-order valence-corrected chi connectivity index (χ0v) is 36.8. The highest BCUT2D eigenvalue weighted by Gasteiger charge is 2.25. The number of hydrazone groups is 1. The molecule has 2 aromatic heterocycles. The standard InChI is InChI=1S/C38H32Cl2N16O7S2/c1-17-5-8-21(9-6-17)43-35-46-33(39)47-36(50-35)44-22-10-7-18(2)24(15-22)52-55-31-27(65(61,62)63)14-20-13-19(3)30(32(57)28(20)29(31)41)54-53-25-16-23(11-12-26(25)64(58,59)60)45-37-48-34(40)49-38(51-37)56-42-4/h5-16,57H,4,41H2,1-3H3,(H,58,59,60)(H,61,62,63)(H2,43,44,46,47,50)(H2,45,48,49,51,56). The molecule has 0 bridgehead atoms. The van der Waals surface area contributed by atoms with Crippen molar-refractivity contribution in [2.24, 2.45) is 25.6 Å². The van der Waals surface area contributed by atoms with Crippen molar-refractivity contribution in [3.05, 3.63) is 100 Å². The zero-order chi connectivity index (χ0) is 46.8. The van der Waals surface area contributed by atoms with Crippen LogP contribution in [0.2, 0.25) is 10.6 Å². The van der Waals surface area contributed by atoms with Crippen molar-refractivity contribution >= 4 is 130 Å². The van der Waals surface area contributed by atoms with Gasteiger partial charge in [0.25, 0.3) is 20.2 Å². The SMILES string of the molecule is C=NNc1nc(Cl)nc(Nc2ccc(S(=O)(=O)O)c(N=Nc3c(C)cc4cc(S(=O)(=O)O)c(N=Nc5cc(Nc6nc(Cl)nc(Nc7ccc(C)cc7)n6)ccc5C)c(N)c4c3O)c2)n1. The second kappa shape index (κ2) is 18.3. The highest BCUT2D eigenvalue weighted by molar-refractivity contribution is 7.86. The number of aryl methyl sites for hydroxylation is 3. The van der Waals surface area contributed by atoms with Crippen LogP contribution in [0, 0.1) is 20.8 Å². The van der Waals surface area contributed by atoms with Crippen molar-refractivity contribution < 1.29 is 31.0 Å². The summed E-state index contributed by atoms with van der Waals surface area (Å²) in [6, 6.07) is 18.3. The van der Waals surface area contributed by atoms with E-state index < -0.39 is 52.8 Å². The van der Waals surface area contributed by atoms with Crippen molar-refractivity contribution in [2.75, 3.05) is 27.1 Å². The molecular weight excluding hydrogens is 928 g/mol. The summed E-state index contributed by atoms with van der Waals surface area (Å²) in [5.41, 5.74) is 10.6. The average molecular weight is 960 g/mol. The second-order valence-electron chi connectivity index (χ2n) is 13.7. The number of rotatable bonds is 14. The number of phenols is 1. The van der Waals surface area contributed by atoms with Gasteiger partial charge in [0.15, 0.2) is 5.75 Å². The van der Waals surface area contributed by atoms with Gasteiger partial charge in [0.2, 0.25) is 34.4 Å². The van der Waals surface area contributed by atoms with Crippen LogP contribution in [-0.4, -0.2) is 67.7 Å². The molecule has 0 atom stereocenters. The van der Waals surface area contributed by atoms with Gasteiger partial charge in [-0.2, -0.15) is 57.0 Å². The maximum absolute atomic E-state index is 12.7. The first-order valence-electron chi connectivity index (χ1n) is 18.3. The molecule has 2 heterocycles. The van der Waals surface area contributed by atoms with Gasteiger partial charge < -0.3 is 26.8 Å². The van der Waals surface area contributed by atoms with Gasteiger partial charge in [-0.1, -0.05) is 23.8 Å². The van der Waals surface area contributed by atoms with E-state index in [0.29, 0.717) is 16.9 Å². The van der Waals surface area contributed by atoms with Gasteiger partial charge in [-0.15, -0.1) is 15.3 Å². The lowest BCUT2D eigenvalue weighted by molar-refractivity contribution is 0.480. The van der Waals surface area contributed by atoms with Gasteiger partial charge in [-0.25, -0.2) is 5.43 Å². The molecule has 7 aromatic rings. The lowest BCUT2D eigenvalue weighted by Gasteiger charge is -2.14. The molecular formula is C38H32Cl2N16O7S2. The molecule has 27 heteroatoms. The van der Waals surface area contributed by atoms with E-state index in [-0.39, 0.29) is 67.8 Å². The molecule has 5 aromatic carbocycles. The Labute approximate surface area is 378 Å². The summed E-state index contributed by atoms with van der Waals surface area (Å²) in [4.78, 5) is 23.1. The molecule has 0 saturated carbocycles. The Morgan fingerprint density at radius 3 is 1.71 bits per heavy atom. The van der Waals surface area contributed by atoms with E-state index in [1.54, 1.807) is 25.1 Å². The molecule has 23 nitrogen and oxygen atoms in total. The highest BCUT2D eigenvalue weighted by Crippen LogP contribution is 2.47. The van der Waals surface area contributed by atoms with E-state index in [2.05, 4.69) is 83.6 Å². The fourth-order valence-corrected chi connectivity index (χ4v) is 7.60. The molecule has 65 heavy (non-hydrogen) atoms. The highest BCUT2D eigenvalue weighted by atomic mass is 35.5. The predicted molar refractivity (Wildman–Crippen MR) is 244 cm³/mol. The van der Waals surface area contributed by atoms with Crippen molar-refractivity contribution in [2.45, 2.75) is 30.6 Å². The van der Waals surface area contributed by atoms with Gasteiger partial charge in [0.05, 0.1) is 16.8 Å². The fraction of sp³-hybridized carbons (Fsp3) is 0.0789. The summed E-state index contributed by atoms with van der Waals surface area (Å²) in [6.45, 7) is 8.43. The summed E-state index contributed by atoms with van der Waals surface area (Å²) in [5.74, 6) is -0.547. The molecule has 0 spiro atoms. The first-order chi connectivity index (χ1) is 30.7. The lowest BCUT2D eigenvalue weighted by Crippen LogP contribution is -2.04. The number of hydrogen-bond donors (Lipinski definition) is 8. The number of azo groups is 2. The molecule has 0 aliphatic carbocycles. The Balaban J connectivity index is 1.24. The first kappa shape index (κ1) is 45.5. The Bertz CT molecular complexity index is 3350. The van der Waals surface area contributed by atoms with E-state index >= 15 is 0 Å². The van der Waals surface area contributed by atoms with Gasteiger partial charge in [-0.3, -0.25) is 9.11 Å². The van der Waals surface area contributed by atoms with Crippen molar-refractivity contribution in [1.29, 1.82) is 0 Å². The normalized spacial score (nSPS) is 11.9. The summed E-state index contributed by atoms with van der Waals surface area (Å²) in [5, 5.41) is 40.0. The largest absolute Gasteiger partial charge is 0.505 e. The van der Waals surface area contributed by atoms with Crippen LogP contribution in [0.25, 0.3) is 10.8 Å². The Morgan fingerprint density at radius 2 is 1.11 bits per heavy atom. The minimum atomic E-state index is -5.01. The van der Waals surface area contributed by atoms with Gasteiger partial charge in [-0.05, 0) is 115 Å². The number of halogens is 2. The van der Waals surface area contributed by atoms with E-state index in [1.165, 1.54) is 25.1 Å². The van der Waals surface area contributed by atoms with Crippen molar-refractivity contribution in [3.8, 4) is 5.75 Å². The maximum atomic E-state index is 12.7. The fourth-order valence-electron chi connectivity index (χ4n) is 6.01. The first-order valence-corrected chi connectivity index (χ1v) is 21.9. The number of fused-ring (bicyclic) bond motifs is 1. The summed E-state index contributed by atoms with van der Waals surface area (Å²) < 4.78 is 70.5. The monoisotopic (exact) mass is 958 g/mol. The Morgan fingerprint density at radius 1 is 0.600 bits per heavy atom. The average Bonchev–Trinajstić information content (AvgIpc) is 3.21. The number of nitrogens with one attached hydrogen (secondary N) is 4. The zero-order valence-electron chi connectivity index (χ0n) is 33.7. The van der Waals surface area contributed by atoms with Crippen LogP contribution in [0.4, 0.5) is 69.3 Å².